The number of esters is 1. The zero-order chi connectivity index (χ0) is 26.6. The number of ether oxygens (including phenoxy) is 1. The molecule has 3 rings (SSSR count). The van der Waals surface area contributed by atoms with Gasteiger partial charge in [-0.3, -0.25) is 14.4 Å². The first-order chi connectivity index (χ1) is 17.1. The summed E-state index contributed by atoms with van der Waals surface area (Å²) < 4.78 is 5.11. The van der Waals surface area contributed by atoms with Gasteiger partial charge >= 0.3 is 5.97 Å². The number of aromatic hydroxyl groups is 1. The lowest BCUT2D eigenvalue weighted by Crippen LogP contribution is -2.35. The van der Waals surface area contributed by atoms with E-state index in [0.29, 0.717) is 24.8 Å². The van der Waals surface area contributed by atoms with Crippen LogP contribution >= 0.6 is 0 Å². The quantitative estimate of drug-likeness (QED) is 0.194. The lowest BCUT2D eigenvalue weighted by molar-refractivity contribution is -0.144. The molecule has 38 heavy (non-hydrogen) atoms. The minimum absolute atomic E-state index is 0. The zero-order valence-electron chi connectivity index (χ0n) is 22.0. The molecule has 0 aromatic heterocycles. The van der Waals surface area contributed by atoms with Crippen LogP contribution in [0, 0.1) is 17.8 Å². The summed E-state index contributed by atoms with van der Waals surface area (Å²) in [4.78, 5) is 49.6. The van der Waals surface area contributed by atoms with Crippen LogP contribution in [0.3, 0.4) is 0 Å². The summed E-state index contributed by atoms with van der Waals surface area (Å²) in [6, 6.07) is 2.74. The predicted octanol–water partition coefficient (Wildman–Crippen LogP) is 2.11. The van der Waals surface area contributed by atoms with Gasteiger partial charge in [-0.25, -0.2) is 4.79 Å². The normalized spacial score (nSPS) is 21.5. The van der Waals surface area contributed by atoms with E-state index in [-0.39, 0.29) is 73.3 Å². The molecule has 0 saturated heterocycles. The number of nitrogens with one attached hydrogen (secondary N) is 1. The maximum absolute atomic E-state index is 13.1. The van der Waals surface area contributed by atoms with Gasteiger partial charge in [-0.15, -0.1) is 0 Å². The van der Waals surface area contributed by atoms with Crippen LogP contribution in [0.2, 0.25) is 0 Å². The Balaban J connectivity index is 0. The third-order valence-corrected chi connectivity index (χ3v) is 7.09. The maximum atomic E-state index is 13.1. The minimum Gasteiger partial charge on any atom is -0.511 e. The van der Waals surface area contributed by atoms with Gasteiger partial charge in [0, 0.05) is 21.6 Å². The molecule has 216 valence electrons. The van der Waals surface area contributed by atoms with Crippen molar-refractivity contribution < 1.29 is 53.0 Å². The SMILES string of the molecule is CCCC(Nc1ccc2c(c1O)C(=O)CC(CC1CC(=O)C(C(C)=O)=C(O)C1CO)C2)C(=O)OCC.O.O.[HH].[HH]. The van der Waals surface area contributed by atoms with Crippen molar-refractivity contribution in [1.29, 1.82) is 0 Å². The molecule has 4 unspecified atom stereocenters. The molecular formula is C27H43NO10. The van der Waals surface area contributed by atoms with Crippen molar-refractivity contribution in [1.82, 2.24) is 0 Å². The van der Waals surface area contributed by atoms with E-state index in [0.717, 1.165) is 6.42 Å². The first-order valence-electron chi connectivity index (χ1n) is 12.5. The summed E-state index contributed by atoms with van der Waals surface area (Å²) in [5, 5.41) is 34.2. The summed E-state index contributed by atoms with van der Waals surface area (Å²) in [7, 11) is 0. The molecule has 0 radical (unpaired) electrons. The molecule has 11 heteroatoms. The van der Waals surface area contributed by atoms with Gasteiger partial charge in [-0.05, 0) is 56.6 Å². The largest absolute Gasteiger partial charge is 0.511 e. The molecule has 11 nitrogen and oxygen atoms in total. The lowest BCUT2D eigenvalue weighted by Gasteiger charge is -2.34. The molecule has 1 aromatic carbocycles. The van der Waals surface area contributed by atoms with E-state index < -0.39 is 42.0 Å². The van der Waals surface area contributed by atoms with Crippen molar-refractivity contribution in [2.45, 2.75) is 65.3 Å². The number of aliphatic hydroxyl groups is 2. The van der Waals surface area contributed by atoms with Crippen molar-refractivity contribution in [2.24, 2.45) is 17.8 Å². The van der Waals surface area contributed by atoms with Crippen LogP contribution in [0.4, 0.5) is 5.69 Å². The van der Waals surface area contributed by atoms with E-state index in [4.69, 9.17) is 4.74 Å². The molecule has 2 aliphatic carbocycles. The Morgan fingerprint density at radius 1 is 1.11 bits per heavy atom. The molecule has 0 bridgehead atoms. The molecular weight excluding hydrogens is 498 g/mol. The van der Waals surface area contributed by atoms with Gasteiger partial charge in [0.05, 0.1) is 30.0 Å². The monoisotopic (exact) mass is 541 g/mol. The summed E-state index contributed by atoms with van der Waals surface area (Å²) in [6.45, 7) is 4.69. The Kier molecular flexibility index (Phi) is 12.1. The van der Waals surface area contributed by atoms with Crippen LogP contribution < -0.4 is 5.32 Å². The average molecular weight is 542 g/mol. The number of aliphatic hydroxyl groups excluding tert-OH is 2. The lowest BCUT2D eigenvalue weighted by atomic mass is 9.70. The number of fused-ring (bicyclic) bond motifs is 1. The van der Waals surface area contributed by atoms with Crippen LogP contribution in [0.1, 0.15) is 71.7 Å². The smallest absolute Gasteiger partial charge is 0.328 e. The topological polar surface area (TPSA) is 213 Å². The number of allylic oxidation sites excluding steroid dienone is 1. The zero-order valence-corrected chi connectivity index (χ0v) is 22.0. The van der Waals surface area contributed by atoms with Crippen LogP contribution in [-0.4, -0.2) is 68.8 Å². The third-order valence-electron chi connectivity index (χ3n) is 7.09. The Morgan fingerprint density at radius 2 is 1.79 bits per heavy atom. The summed E-state index contributed by atoms with van der Waals surface area (Å²) in [5.41, 5.74) is 0.923. The fourth-order valence-electron chi connectivity index (χ4n) is 5.43. The molecule has 0 amide bonds. The summed E-state index contributed by atoms with van der Waals surface area (Å²) in [5.74, 6) is -3.52. The van der Waals surface area contributed by atoms with Crippen molar-refractivity contribution >= 4 is 29.0 Å². The van der Waals surface area contributed by atoms with Crippen molar-refractivity contribution in [3.8, 4) is 5.75 Å². The van der Waals surface area contributed by atoms with Gasteiger partial charge in [0.2, 0.25) is 0 Å². The van der Waals surface area contributed by atoms with Gasteiger partial charge in [-0.2, -0.15) is 0 Å². The Bertz CT molecular complexity index is 1090. The number of anilines is 1. The molecule has 2 aliphatic rings. The number of phenolic OH excluding ortho intramolecular Hbond substituents is 1. The second kappa shape index (κ2) is 14.0. The average Bonchev–Trinajstić information content (AvgIpc) is 2.80. The van der Waals surface area contributed by atoms with Crippen molar-refractivity contribution in [3.05, 3.63) is 34.6 Å². The Hall–Kier alpha value is -3.28. The molecule has 0 saturated carbocycles. The van der Waals surface area contributed by atoms with E-state index in [1.165, 1.54) is 6.92 Å². The van der Waals surface area contributed by atoms with Gasteiger partial charge in [0.25, 0.3) is 0 Å². The van der Waals surface area contributed by atoms with Gasteiger partial charge in [0.15, 0.2) is 17.3 Å². The second-order valence-corrected chi connectivity index (χ2v) is 9.66. The Labute approximate surface area is 224 Å². The van der Waals surface area contributed by atoms with E-state index in [2.05, 4.69) is 5.32 Å². The van der Waals surface area contributed by atoms with Crippen LogP contribution in [0.15, 0.2) is 23.5 Å². The highest BCUT2D eigenvalue weighted by Gasteiger charge is 2.40. The fraction of sp³-hybridized carbons (Fsp3) is 0.556. The van der Waals surface area contributed by atoms with Gasteiger partial charge in [0.1, 0.15) is 17.6 Å². The number of carbonyl (C=O) groups excluding carboxylic acids is 4. The number of benzene rings is 1. The van der Waals surface area contributed by atoms with E-state index >= 15 is 0 Å². The van der Waals surface area contributed by atoms with Crippen LogP contribution in [-0.2, 0) is 25.5 Å². The van der Waals surface area contributed by atoms with E-state index in [1.54, 1.807) is 19.1 Å². The number of Topliss-reactive ketones (excluding diaryl/α,β-unsaturated/α-hetero) is 3. The Morgan fingerprint density at radius 3 is 2.37 bits per heavy atom. The van der Waals surface area contributed by atoms with Gasteiger partial charge < -0.3 is 36.3 Å². The standard InChI is InChI=1S/C27H35NO8.2H2O.2H2/c1-4-6-20(27(35)36-5-2)28-19-8-7-16-9-15(11-21(31)24(16)26(19)34)10-17-12-22(32)23(14(3)30)25(33)18(17)13-29;;;;/h7-8,15,17-18,20,28-29,33-34H,4-6,9-13H2,1-3H3;2*1H2;2*1H. The summed E-state index contributed by atoms with van der Waals surface area (Å²) in [6.07, 6.45) is 2.25. The predicted molar refractivity (Wildman–Crippen MR) is 143 cm³/mol. The number of hydrogen-bond donors (Lipinski definition) is 4. The highest BCUT2D eigenvalue weighted by atomic mass is 16.5. The molecule has 8 N–H and O–H groups in total. The minimum atomic E-state index is -0.739. The molecule has 0 heterocycles. The molecule has 0 spiro atoms. The number of ketones is 3. The van der Waals surface area contributed by atoms with E-state index in [9.17, 15) is 34.5 Å². The first-order valence-corrected chi connectivity index (χ1v) is 12.5. The van der Waals surface area contributed by atoms with Crippen LogP contribution in [0.25, 0.3) is 0 Å². The number of rotatable bonds is 10. The first kappa shape index (κ1) is 32.7. The van der Waals surface area contributed by atoms with Crippen LogP contribution in [0.5, 0.6) is 5.75 Å². The maximum Gasteiger partial charge on any atom is 0.328 e. The molecule has 0 aliphatic heterocycles. The number of hydrogen-bond acceptors (Lipinski definition) is 9. The third kappa shape index (κ3) is 6.77. The highest BCUT2D eigenvalue weighted by molar-refractivity contribution is 6.20. The van der Waals surface area contributed by atoms with E-state index in [1.807, 2.05) is 6.92 Å². The molecule has 1 aromatic rings. The molecule has 4 atom stereocenters. The highest BCUT2D eigenvalue weighted by Crippen LogP contribution is 2.42. The second-order valence-electron chi connectivity index (χ2n) is 9.66. The number of phenols is 1. The van der Waals surface area contributed by atoms with Crippen molar-refractivity contribution in [2.75, 3.05) is 18.5 Å². The fourth-order valence-corrected chi connectivity index (χ4v) is 5.43. The van der Waals surface area contributed by atoms with Crippen molar-refractivity contribution in [3.63, 3.8) is 0 Å². The summed E-state index contributed by atoms with van der Waals surface area (Å²) >= 11 is 0. The number of carbonyl (C=O) groups is 4. The van der Waals surface area contributed by atoms with Gasteiger partial charge in [-0.1, -0.05) is 19.4 Å². The molecule has 0 fully saturated rings.